The summed E-state index contributed by atoms with van der Waals surface area (Å²) in [7, 11) is 0. The van der Waals surface area contributed by atoms with E-state index in [1.54, 1.807) is 0 Å². The van der Waals surface area contributed by atoms with Crippen molar-refractivity contribution in [3.05, 3.63) is 133 Å². The van der Waals surface area contributed by atoms with Crippen LogP contribution < -0.4 is 0 Å². The lowest BCUT2D eigenvalue weighted by Gasteiger charge is -2.08. The van der Waals surface area contributed by atoms with E-state index in [0.717, 1.165) is 55.4 Å². The van der Waals surface area contributed by atoms with Crippen LogP contribution in [-0.2, 0) is 0 Å². The highest BCUT2D eigenvalue weighted by Gasteiger charge is 2.17. The number of aromatic nitrogens is 2. The Bertz CT molecular complexity index is 2350. The van der Waals surface area contributed by atoms with Crippen LogP contribution in [-0.4, -0.2) is 9.55 Å². The normalized spacial score (nSPS) is 11.9. The minimum atomic E-state index is 0.594. The first-order valence-electron chi connectivity index (χ1n) is 13.7. The summed E-state index contributed by atoms with van der Waals surface area (Å²) in [6, 6.07) is 46.2. The molecule has 192 valence electrons. The third kappa shape index (κ3) is 3.31. The maximum atomic E-state index is 6.29. The molecular weight excluding hydrogens is 504 g/mol. The van der Waals surface area contributed by atoms with Gasteiger partial charge < -0.3 is 13.4 Å². The van der Waals surface area contributed by atoms with Crippen LogP contribution >= 0.6 is 0 Å². The van der Waals surface area contributed by atoms with E-state index in [2.05, 4.69) is 108 Å². The Labute approximate surface area is 234 Å². The molecule has 0 saturated carbocycles. The van der Waals surface area contributed by atoms with Crippen LogP contribution in [0.1, 0.15) is 0 Å². The summed E-state index contributed by atoms with van der Waals surface area (Å²) in [5.74, 6) is 0.594. The molecule has 0 saturated heterocycles. The smallest absolute Gasteiger partial charge is 0.227 e. The number of benzene rings is 6. The molecule has 0 N–H and O–H groups in total. The first-order chi connectivity index (χ1) is 20.3. The van der Waals surface area contributed by atoms with Gasteiger partial charge in [0.15, 0.2) is 5.58 Å². The molecule has 3 aromatic heterocycles. The molecule has 0 aliphatic carbocycles. The summed E-state index contributed by atoms with van der Waals surface area (Å²) in [5, 5.41) is 4.51. The van der Waals surface area contributed by atoms with E-state index < -0.39 is 0 Å². The fourth-order valence-electron chi connectivity index (χ4n) is 6.14. The van der Waals surface area contributed by atoms with Crippen LogP contribution in [0.25, 0.3) is 83.1 Å². The summed E-state index contributed by atoms with van der Waals surface area (Å²) >= 11 is 0. The second-order valence-corrected chi connectivity index (χ2v) is 10.4. The van der Waals surface area contributed by atoms with Gasteiger partial charge in [-0.2, -0.15) is 0 Å². The van der Waals surface area contributed by atoms with Crippen LogP contribution in [0.2, 0.25) is 0 Å². The van der Waals surface area contributed by atoms with E-state index in [4.69, 9.17) is 13.8 Å². The van der Waals surface area contributed by atoms with Gasteiger partial charge in [-0.05, 0) is 71.8 Å². The molecule has 0 amide bonds. The minimum Gasteiger partial charge on any atom is -0.456 e. The highest BCUT2D eigenvalue weighted by molar-refractivity contribution is 6.17. The Hall–Kier alpha value is -5.61. The average Bonchev–Trinajstić information content (AvgIpc) is 3.73. The van der Waals surface area contributed by atoms with E-state index in [9.17, 15) is 0 Å². The minimum absolute atomic E-state index is 0.594. The first kappa shape index (κ1) is 22.2. The van der Waals surface area contributed by atoms with Crippen LogP contribution in [0.3, 0.4) is 0 Å². The highest BCUT2D eigenvalue weighted by atomic mass is 16.4. The molecule has 6 aromatic carbocycles. The van der Waals surface area contributed by atoms with E-state index in [1.807, 2.05) is 30.3 Å². The number of hydrogen-bond donors (Lipinski definition) is 0. The van der Waals surface area contributed by atoms with E-state index in [0.29, 0.717) is 5.89 Å². The summed E-state index contributed by atoms with van der Waals surface area (Å²) in [6.07, 6.45) is 0. The van der Waals surface area contributed by atoms with Crippen molar-refractivity contribution >= 4 is 54.8 Å². The van der Waals surface area contributed by atoms with Crippen molar-refractivity contribution in [1.29, 1.82) is 0 Å². The van der Waals surface area contributed by atoms with E-state index in [1.165, 1.54) is 21.8 Å². The Morgan fingerprint density at radius 1 is 0.463 bits per heavy atom. The molecule has 0 aliphatic rings. The van der Waals surface area contributed by atoms with Gasteiger partial charge in [-0.25, -0.2) is 4.98 Å². The van der Waals surface area contributed by atoms with Gasteiger partial charge in [-0.3, -0.25) is 0 Å². The standard InChI is InChI=1S/C37H22N2O2/c1-2-8-23(9-3-1)25-16-19-29-34(22-25)40-32-20-21-33-36(35(29)32)38-37(41-33)24-14-17-26(18-15-24)39-30-12-6-4-10-27(30)28-11-5-7-13-31(28)39/h1-22H. The van der Waals surface area contributed by atoms with Crippen molar-refractivity contribution in [2.45, 2.75) is 0 Å². The summed E-state index contributed by atoms with van der Waals surface area (Å²) in [5.41, 5.74) is 9.89. The molecule has 0 spiro atoms. The molecule has 4 nitrogen and oxygen atoms in total. The number of furan rings is 1. The maximum Gasteiger partial charge on any atom is 0.227 e. The SMILES string of the molecule is c1ccc(-c2ccc3c(c2)oc2ccc4oc(-c5ccc(-n6c7ccccc7c7ccccc76)cc5)nc4c23)cc1. The fraction of sp³-hybridized carbons (Fsp3) is 0. The quantitative estimate of drug-likeness (QED) is 0.230. The molecule has 9 aromatic rings. The number of para-hydroxylation sites is 2. The second-order valence-electron chi connectivity index (χ2n) is 10.4. The average molecular weight is 527 g/mol. The number of nitrogens with zero attached hydrogens (tertiary/aromatic N) is 2. The lowest BCUT2D eigenvalue weighted by atomic mass is 10.0. The van der Waals surface area contributed by atoms with Crippen molar-refractivity contribution in [2.75, 3.05) is 0 Å². The fourth-order valence-corrected chi connectivity index (χ4v) is 6.14. The Morgan fingerprint density at radius 2 is 1.12 bits per heavy atom. The third-order valence-electron chi connectivity index (χ3n) is 8.05. The summed E-state index contributed by atoms with van der Waals surface area (Å²) < 4.78 is 14.9. The molecule has 41 heavy (non-hydrogen) atoms. The second kappa shape index (κ2) is 8.44. The molecule has 9 rings (SSSR count). The Kier molecular flexibility index (Phi) is 4.58. The zero-order chi connectivity index (χ0) is 26.9. The van der Waals surface area contributed by atoms with E-state index in [-0.39, 0.29) is 0 Å². The predicted molar refractivity (Wildman–Crippen MR) is 166 cm³/mol. The van der Waals surface area contributed by atoms with Crippen molar-refractivity contribution < 1.29 is 8.83 Å². The van der Waals surface area contributed by atoms with Crippen LogP contribution in [0.5, 0.6) is 0 Å². The van der Waals surface area contributed by atoms with Gasteiger partial charge in [0, 0.05) is 27.4 Å². The Morgan fingerprint density at radius 3 is 1.88 bits per heavy atom. The van der Waals surface area contributed by atoms with Crippen LogP contribution in [0, 0.1) is 0 Å². The van der Waals surface area contributed by atoms with Crippen molar-refractivity contribution in [1.82, 2.24) is 9.55 Å². The Balaban J connectivity index is 1.15. The molecule has 0 aliphatic heterocycles. The number of fused-ring (bicyclic) bond motifs is 8. The monoisotopic (exact) mass is 526 g/mol. The van der Waals surface area contributed by atoms with Gasteiger partial charge >= 0.3 is 0 Å². The molecule has 4 heteroatoms. The number of rotatable bonds is 3. The van der Waals surface area contributed by atoms with Crippen LogP contribution in [0.4, 0.5) is 0 Å². The van der Waals surface area contributed by atoms with Gasteiger partial charge in [-0.1, -0.05) is 72.8 Å². The molecule has 0 atom stereocenters. The molecule has 0 bridgehead atoms. The first-order valence-corrected chi connectivity index (χ1v) is 13.7. The van der Waals surface area contributed by atoms with Gasteiger partial charge in [0.1, 0.15) is 16.7 Å². The number of oxazole rings is 1. The van der Waals surface area contributed by atoms with Gasteiger partial charge in [0.2, 0.25) is 5.89 Å². The molecule has 3 heterocycles. The van der Waals surface area contributed by atoms with Crippen molar-refractivity contribution in [2.24, 2.45) is 0 Å². The molecule has 0 radical (unpaired) electrons. The van der Waals surface area contributed by atoms with Crippen molar-refractivity contribution in [3.63, 3.8) is 0 Å². The predicted octanol–water partition coefficient (Wildman–Crippen LogP) is 10.2. The zero-order valence-corrected chi connectivity index (χ0v) is 21.9. The summed E-state index contributed by atoms with van der Waals surface area (Å²) in [4.78, 5) is 4.97. The summed E-state index contributed by atoms with van der Waals surface area (Å²) in [6.45, 7) is 0. The topological polar surface area (TPSA) is 44.1 Å². The van der Waals surface area contributed by atoms with Gasteiger partial charge in [0.25, 0.3) is 0 Å². The van der Waals surface area contributed by atoms with Crippen LogP contribution in [0.15, 0.2) is 142 Å². The molecule has 0 fully saturated rings. The lowest BCUT2D eigenvalue weighted by Crippen LogP contribution is -1.93. The number of hydrogen-bond acceptors (Lipinski definition) is 3. The lowest BCUT2D eigenvalue weighted by molar-refractivity contribution is 0.619. The third-order valence-corrected chi connectivity index (χ3v) is 8.05. The molecule has 0 unspecified atom stereocenters. The van der Waals surface area contributed by atoms with Gasteiger partial charge in [-0.15, -0.1) is 0 Å². The van der Waals surface area contributed by atoms with Crippen molar-refractivity contribution in [3.8, 4) is 28.3 Å². The van der Waals surface area contributed by atoms with E-state index >= 15 is 0 Å². The highest BCUT2D eigenvalue weighted by Crippen LogP contribution is 2.38. The zero-order valence-electron chi connectivity index (χ0n) is 21.9. The van der Waals surface area contributed by atoms with Gasteiger partial charge in [0.05, 0.1) is 16.4 Å². The maximum absolute atomic E-state index is 6.29. The largest absolute Gasteiger partial charge is 0.456 e. The molecular formula is C37H22N2O2.